The molecule has 0 radical (unpaired) electrons. The first-order valence-electron chi connectivity index (χ1n) is 13.0. The molecule has 190 valence electrons. The average molecular weight is 503 g/mol. The molecule has 1 spiro atoms. The Balaban J connectivity index is 1.06. The van der Waals surface area contributed by atoms with E-state index in [1.807, 2.05) is 21.9 Å². The van der Waals surface area contributed by atoms with Gasteiger partial charge in [-0.3, -0.25) is 4.79 Å². The number of piperidine rings is 1. The quantitative estimate of drug-likeness (QED) is 0.682. The Morgan fingerprint density at radius 3 is 2.51 bits per heavy atom. The molecule has 3 amide bonds. The maximum Gasteiger partial charge on any atom is 0.317 e. The van der Waals surface area contributed by atoms with E-state index in [-0.39, 0.29) is 11.9 Å². The zero-order valence-electron chi connectivity index (χ0n) is 20.3. The summed E-state index contributed by atoms with van der Waals surface area (Å²) in [6.07, 6.45) is 9.94. The van der Waals surface area contributed by atoms with Crippen molar-refractivity contribution in [3.8, 4) is 0 Å². The molecule has 1 aromatic rings. The van der Waals surface area contributed by atoms with Crippen molar-refractivity contribution < 1.29 is 14.4 Å². The Bertz CT molecular complexity index is 950. The highest BCUT2D eigenvalue weighted by molar-refractivity contribution is 6.39. The number of hydrogen-bond acceptors (Lipinski definition) is 6. The van der Waals surface area contributed by atoms with E-state index in [1.54, 1.807) is 6.20 Å². The molecule has 1 saturated carbocycles. The third-order valence-corrected chi connectivity index (χ3v) is 8.22. The number of nitrogens with zero attached hydrogens (tertiary/aromatic N) is 5. The van der Waals surface area contributed by atoms with Crippen molar-refractivity contribution in [2.24, 2.45) is 11.1 Å². The first kappa shape index (κ1) is 24.2. The number of carbonyl (C=O) groups is 2. The highest BCUT2D eigenvalue weighted by Crippen LogP contribution is 2.35. The number of carbonyl (C=O) groups excluding carboxylic acids is 2. The fourth-order valence-corrected chi connectivity index (χ4v) is 5.91. The van der Waals surface area contributed by atoms with Crippen molar-refractivity contribution in [2.45, 2.75) is 57.0 Å². The van der Waals surface area contributed by atoms with Gasteiger partial charge in [0.15, 0.2) is 0 Å². The number of anilines is 1. The first-order valence-corrected chi connectivity index (χ1v) is 13.3. The van der Waals surface area contributed by atoms with Crippen LogP contribution in [-0.2, 0) is 9.63 Å². The molecular weight excluding hydrogens is 468 g/mol. The van der Waals surface area contributed by atoms with Crippen LogP contribution < -0.4 is 10.2 Å². The molecule has 2 saturated heterocycles. The van der Waals surface area contributed by atoms with E-state index in [0.717, 1.165) is 12.4 Å². The molecule has 3 aliphatic heterocycles. The van der Waals surface area contributed by atoms with E-state index in [2.05, 4.69) is 20.4 Å². The lowest BCUT2D eigenvalue weighted by molar-refractivity contribution is -0.124. The molecule has 0 atom stereocenters. The zero-order chi connectivity index (χ0) is 24.3. The summed E-state index contributed by atoms with van der Waals surface area (Å²) in [7, 11) is 0. The summed E-state index contributed by atoms with van der Waals surface area (Å²) in [6, 6.07) is 3.66. The molecule has 3 fully saturated rings. The molecule has 0 unspecified atom stereocenters. The number of amides is 3. The van der Waals surface area contributed by atoms with Gasteiger partial charge in [-0.1, -0.05) is 36.0 Å². The predicted octanol–water partition coefficient (Wildman–Crippen LogP) is 3.28. The molecule has 35 heavy (non-hydrogen) atoms. The number of oxime groups is 1. The van der Waals surface area contributed by atoms with Crippen molar-refractivity contribution in [3.05, 3.63) is 23.4 Å². The largest absolute Gasteiger partial charge is 0.388 e. The summed E-state index contributed by atoms with van der Waals surface area (Å²) in [5.74, 6) is 1.32. The summed E-state index contributed by atoms with van der Waals surface area (Å²) in [6.45, 7) is 4.55. The second kappa shape index (κ2) is 10.6. The lowest BCUT2D eigenvalue weighted by Gasteiger charge is -2.37. The van der Waals surface area contributed by atoms with Crippen LogP contribution in [0.4, 0.5) is 10.6 Å². The van der Waals surface area contributed by atoms with Gasteiger partial charge in [-0.25, -0.2) is 9.78 Å². The number of nitrogens with one attached hydrogen (secondary N) is 1. The van der Waals surface area contributed by atoms with Crippen molar-refractivity contribution in [1.29, 1.82) is 0 Å². The van der Waals surface area contributed by atoms with E-state index in [4.69, 9.17) is 16.4 Å². The Kier molecular flexibility index (Phi) is 7.32. The van der Waals surface area contributed by atoms with Crippen LogP contribution in [0.2, 0.25) is 5.02 Å². The Morgan fingerprint density at radius 2 is 1.80 bits per heavy atom. The first-order chi connectivity index (χ1) is 17.0. The van der Waals surface area contributed by atoms with Crippen molar-refractivity contribution >= 4 is 35.1 Å². The molecule has 5 rings (SSSR count). The number of piperazine rings is 1. The minimum atomic E-state index is -0.464. The number of likely N-dealkylation sites (tertiary alicyclic amines) is 1. The number of halogens is 1. The number of pyridine rings is 1. The third kappa shape index (κ3) is 5.50. The van der Waals surface area contributed by atoms with Crippen LogP contribution >= 0.6 is 11.6 Å². The third-order valence-electron chi connectivity index (χ3n) is 7.92. The van der Waals surface area contributed by atoms with Crippen molar-refractivity contribution in [2.75, 3.05) is 50.7 Å². The molecule has 10 heteroatoms. The van der Waals surface area contributed by atoms with Gasteiger partial charge in [-0.05, 0) is 30.9 Å². The van der Waals surface area contributed by atoms with E-state index >= 15 is 0 Å². The van der Waals surface area contributed by atoms with E-state index in [0.29, 0.717) is 75.2 Å². The Labute approximate surface area is 211 Å². The van der Waals surface area contributed by atoms with Gasteiger partial charge < -0.3 is 24.9 Å². The van der Waals surface area contributed by atoms with Crippen LogP contribution in [0, 0.1) is 5.92 Å². The van der Waals surface area contributed by atoms with Crippen LogP contribution in [0.25, 0.3) is 0 Å². The molecule has 0 bridgehead atoms. The van der Waals surface area contributed by atoms with Crippen LogP contribution in [0.1, 0.15) is 51.4 Å². The fourth-order valence-electron chi connectivity index (χ4n) is 5.67. The Morgan fingerprint density at radius 1 is 1.06 bits per heavy atom. The summed E-state index contributed by atoms with van der Waals surface area (Å²) in [5, 5.41) is 7.96. The van der Waals surface area contributed by atoms with Gasteiger partial charge in [-0.15, -0.1) is 0 Å². The lowest BCUT2D eigenvalue weighted by atomic mass is 9.86. The van der Waals surface area contributed by atoms with Crippen LogP contribution in [0.5, 0.6) is 0 Å². The van der Waals surface area contributed by atoms with Crippen molar-refractivity contribution in [1.82, 2.24) is 20.1 Å². The normalized spacial score (nSPS) is 22.7. The van der Waals surface area contributed by atoms with Gasteiger partial charge in [0.05, 0.1) is 5.02 Å². The van der Waals surface area contributed by atoms with E-state index < -0.39 is 5.60 Å². The molecule has 9 nitrogen and oxygen atoms in total. The van der Waals surface area contributed by atoms with Gasteiger partial charge in [0.25, 0.3) is 5.91 Å². The molecular formula is C25H35ClN6O3. The number of aromatic nitrogens is 1. The topological polar surface area (TPSA) is 90.4 Å². The zero-order valence-corrected chi connectivity index (χ0v) is 21.0. The highest BCUT2D eigenvalue weighted by atomic mass is 35.5. The Hall–Kier alpha value is -2.55. The second-order valence-electron chi connectivity index (χ2n) is 10.3. The minimum absolute atomic E-state index is 0.0199. The van der Waals surface area contributed by atoms with Gasteiger partial charge in [-0.2, -0.15) is 0 Å². The lowest BCUT2D eigenvalue weighted by Crippen LogP contribution is -2.52. The van der Waals surface area contributed by atoms with E-state index in [1.165, 1.54) is 32.1 Å². The summed E-state index contributed by atoms with van der Waals surface area (Å²) in [5.41, 5.74) is 0.0265. The maximum absolute atomic E-state index is 13.1. The SMILES string of the molecule is O=C(NCC1CCCCC1)N1CCC2(CC1)CC(C(=O)N1CCN(c3ncccc3Cl)CC1)=NO2. The van der Waals surface area contributed by atoms with Gasteiger partial charge in [0.1, 0.15) is 17.1 Å². The molecule has 4 heterocycles. The molecule has 1 N–H and O–H groups in total. The summed E-state index contributed by atoms with van der Waals surface area (Å²) in [4.78, 5) is 41.8. The fraction of sp³-hybridized carbons (Fsp3) is 0.680. The molecule has 0 aromatic carbocycles. The standard InChI is InChI=1S/C25H35ClN6O3/c26-20-7-4-10-27-22(20)30-13-15-31(16-14-30)23(33)21-17-25(35-29-21)8-11-32(12-9-25)24(34)28-18-19-5-2-1-3-6-19/h4,7,10,19H,1-3,5-6,8-9,11-18H2,(H,28,34). The molecule has 4 aliphatic rings. The number of hydrogen-bond donors (Lipinski definition) is 1. The van der Waals surface area contributed by atoms with Crippen LogP contribution in [0.15, 0.2) is 23.5 Å². The van der Waals surface area contributed by atoms with Crippen molar-refractivity contribution in [3.63, 3.8) is 0 Å². The number of rotatable bonds is 4. The van der Waals surface area contributed by atoms with Gasteiger partial charge in [0.2, 0.25) is 0 Å². The smallest absolute Gasteiger partial charge is 0.317 e. The summed E-state index contributed by atoms with van der Waals surface area (Å²) >= 11 is 6.28. The van der Waals surface area contributed by atoms with Crippen LogP contribution in [0.3, 0.4) is 0 Å². The maximum atomic E-state index is 13.1. The average Bonchev–Trinajstić information content (AvgIpc) is 3.31. The predicted molar refractivity (Wildman–Crippen MR) is 135 cm³/mol. The van der Waals surface area contributed by atoms with Crippen LogP contribution in [-0.4, -0.2) is 83.8 Å². The van der Waals surface area contributed by atoms with Gasteiger partial charge in [0, 0.05) is 71.3 Å². The number of urea groups is 1. The monoisotopic (exact) mass is 502 g/mol. The highest BCUT2D eigenvalue weighted by Gasteiger charge is 2.45. The minimum Gasteiger partial charge on any atom is -0.388 e. The van der Waals surface area contributed by atoms with E-state index in [9.17, 15) is 9.59 Å². The molecule has 1 aromatic heterocycles. The molecule has 1 aliphatic carbocycles. The second-order valence-corrected chi connectivity index (χ2v) is 10.7. The summed E-state index contributed by atoms with van der Waals surface area (Å²) < 4.78 is 0. The van der Waals surface area contributed by atoms with Gasteiger partial charge >= 0.3 is 6.03 Å².